The van der Waals surface area contributed by atoms with Crippen LogP contribution in [0.1, 0.15) is 24.0 Å². The van der Waals surface area contributed by atoms with Crippen molar-refractivity contribution in [2.24, 2.45) is 0 Å². The van der Waals surface area contributed by atoms with Gasteiger partial charge in [-0.3, -0.25) is 14.5 Å². The highest BCUT2D eigenvalue weighted by Gasteiger charge is 2.51. The lowest BCUT2D eigenvalue weighted by molar-refractivity contribution is -0.133. The van der Waals surface area contributed by atoms with Crippen molar-refractivity contribution in [1.29, 1.82) is 0 Å². The highest BCUT2D eigenvalue weighted by molar-refractivity contribution is 6.44. The minimum absolute atomic E-state index is 0.175. The van der Waals surface area contributed by atoms with Crippen LogP contribution in [0, 0.1) is 13.8 Å². The van der Waals surface area contributed by atoms with E-state index in [0.717, 1.165) is 4.90 Å². The van der Waals surface area contributed by atoms with Gasteiger partial charge in [-0.2, -0.15) is 0 Å². The number of halogens is 3. The normalized spacial score (nSPS) is 19.1. The smallest absolute Gasteiger partial charge is 0.325 e. The van der Waals surface area contributed by atoms with Crippen LogP contribution in [-0.2, 0) is 15.1 Å². The van der Waals surface area contributed by atoms with Gasteiger partial charge in [0, 0.05) is 5.56 Å². The minimum atomic E-state index is -1.32. The fourth-order valence-electron chi connectivity index (χ4n) is 3.10. The summed E-state index contributed by atoms with van der Waals surface area (Å²) in [4.78, 5) is 38.5. The number of benzene rings is 1. The summed E-state index contributed by atoms with van der Waals surface area (Å²) in [7, 11) is 0. The van der Waals surface area contributed by atoms with Crippen molar-refractivity contribution >= 4 is 58.3 Å². The Labute approximate surface area is 175 Å². The Bertz CT molecular complexity index is 1000. The summed E-state index contributed by atoms with van der Waals surface area (Å²) >= 11 is 17.8. The number of hydrogen-bond acceptors (Lipinski definition) is 4. The van der Waals surface area contributed by atoms with Gasteiger partial charge in [0.2, 0.25) is 5.91 Å². The van der Waals surface area contributed by atoms with Crippen LogP contribution in [0.25, 0.3) is 0 Å². The number of furan rings is 1. The third-order valence-electron chi connectivity index (χ3n) is 4.44. The molecule has 1 saturated heterocycles. The lowest BCUT2D eigenvalue weighted by Gasteiger charge is -2.21. The molecule has 1 unspecified atom stereocenters. The van der Waals surface area contributed by atoms with Crippen LogP contribution in [-0.4, -0.2) is 29.3 Å². The van der Waals surface area contributed by atoms with E-state index in [0.29, 0.717) is 17.1 Å². The molecule has 0 radical (unpaired) electrons. The first-order valence-electron chi connectivity index (χ1n) is 8.19. The zero-order valence-electron chi connectivity index (χ0n) is 15.2. The first-order valence-corrected chi connectivity index (χ1v) is 9.32. The maximum absolute atomic E-state index is 12.9. The van der Waals surface area contributed by atoms with Gasteiger partial charge in [-0.1, -0.05) is 34.8 Å². The van der Waals surface area contributed by atoms with E-state index in [4.69, 9.17) is 39.2 Å². The standard InChI is InChI=1S/C18H16Cl3N3O4/c1-8-4-10(9(2)28-8)18(3)16(26)24(17(27)23-18)7-15(25)22-14-6-12(20)11(19)5-13(14)21/h4-6H,7H2,1-3H3,(H,22,25)(H,23,27). The van der Waals surface area contributed by atoms with Crippen molar-refractivity contribution in [3.05, 3.63) is 50.4 Å². The fourth-order valence-corrected chi connectivity index (χ4v) is 3.70. The molecule has 0 saturated carbocycles. The van der Waals surface area contributed by atoms with Gasteiger partial charge < -0.3 is 15.1 Å². The van der Waals surface area contributed by atoms with Crippen LogP contribution in [0.5, 0.6) is 0 Å². The van der Waals surface area contributed by atoms with Gasteiger partial charge in [0.15, 0.2) is 0 Å². The summed E-state index contributed by atoms with van der Waals surface area (Å²) in [6.07, 6.45) is 0. The molecule has 148 valence electrons. The van der Waals surface area contributed by atoms with Gasteiger partial charge in [-0.15, -0.1) is 0 Å². The lowest BCUT2D eigenvalue weighted by atomic mass is 9.92. The average molecular weight is 445 g/mol. The molecule has 28 heavy (non-hydrogen) atoms. The van der Waals surface area contributed by atoms with Crippen molar-refractivity contribution in [2.45, 2.75) is 26.3 Å². The molecule has 10 heteroatoms. The molecule has 1 aliphatic rings. The Morgan fingerprint density at radius 2 is 1.79 bits per heavy atom. The second-order valence-corrected chi connectivity index (χ2v) is 7.79. The van der Waals surface area contributed by atoms with E-state index >= 15 is 0 Å². The number of urea groups is 1. The zero-order valence-corrected chi connectivity index (χ0v) is 17.4. The molecule has 1 atom stereocenters. The first kappa shape index (κ1) is 20.5. The van der Waals surface area contributed by atoms with Gasteiger partial charge in [0.25, 0.3) is 5.91 Å². The molecular formula is C18H16Cl3N3O4. The van der Waals surface area contributed by atoms with Crippen LogP contribution >= 0.6 is 34.8 Å². The highest BCUT2D eigenvalue weighted by atomic mass is 35.5. The van der Waals surface area contributed by atoms with Crippen LogP contribution in [0.15, 0.2) is 22.6 Å². The van der Waals surface area contributed by atoms with Gasteiger partial charge >= 0.3 is 6.03 Å². The van der Waals surface area contributed by atoms with Crippen LogP contribution in [0.4, 0.5) is 10.5 Å². The third kappa shape index (κ3) is 3.57. The Kier molecular flexibility index (Phi) is 5.36. The van der Waals surface area contributed by atoms with Gasteiger partial charge in [0.1, 0.15) is 23.6 Å². The Hall–Kier alpha value is -2.22. The summed E-state index contributed by atoms with van der Waals surface area (Å²) in [6, 6.07) is 3.78. The molecule has 0 aliphatic carbocycles. The predicted octanol–water partition coefficient (Wildman–Crippen LogP) is 4.26. The van der Waals surface area contributed by atoms with E-state index in [1.165, 1.54) is 12.1 Å². The largest absolute Gasteiger partial charge is 0.466 e. The van der Waals surface area contributed by atoms with Gasteiger partial charge in [0.05, 0.1) is 20.8 Å². The summed E-state index contributed by atoms with van der Waals surface area (Å²) in [6.45, 7) is 4.52. The highest BCUT2D eigenvalue weighted by Crippen LogP contribution is 2.34. The van der Waals surface area contributed by atoms with Crippen LogP contribution in [0.2, 0.25) is 15.1 Å². The summed E-state index contributed by atoms with van der Waals surface area (Å²) in [5.41, 5.74) is -0.559. The third-order valence-corrected chi connectivity index (χ3v) is 5.48. The molecular weight excluding hydrogens is 429 g/mol. The number of aryl methyl sites for hydroxylation is 2. The monoisotopic (exact) mass is 443 g/mol. The van der Waals surface area contributed by atoms with E-state index in [-0.39, 0.29) is 20.8 Å². The first-order chi connectivity index (χ1) is 13.0. The SMILES string of the molecule is Cc1cc(C2(C)NC(=O)N(CC(=O)Nc3cc(Cl)c(Cl)cc3Cl)C2=O)c(C)o1. The number of carbonyl (C=O) groups excluding carboxylic acids is 3. The maximum atomic E-state index is 12.9. The van der Waals surface area contributed by atoms with Crippen LogP contribution in [0.3, 0.4) is 0 Å². The molecule has 1 aliphatic heterocycles. The van der Waals surface area contributed by atoms with Crippen molar-refractivity contribution in [3.63, 3.8) is 0 Å². The Morgan fingerprint density at radius 1 is 1.14 bits per heavy atom. The topological polar surface area (TPSA) is 91.7 Å². The van der Waals surface area contributed by atoms with E-state index in [1.807, 2.05) is 0 Å². The number of imide groups is 1. The number of hydrogen-bond donors (Lipinski definition) is 2. The van der Waals surface area contributed by atoms with Crippen molar-refractivity contribution in [1.82, 2.24) is 10.2 Å². The molecule has 0 spiro atoms. The van der Waals surface area contributed by atoms with E-state index < -0.39 is 29.9 Å². The number of anilines is 1. The molecule has 2 N–H and O–H groups in total. The van der Waals surface area contributed by atoms with Gasteiger partial charge in [-0.05, 0) is 39.0 Å². The summed E-state index contributed by atoms with van der Waals surface area (Å²) in [5, 5.41) is 5.77. The van der Waals surface area contributed by atoms with E-state index in [1.54, 1.807) is 26.8 Å². The number of nitrogens with one attached hydrogen (secondary N) is 2. The van der Waals surface area contributed by atoms with E-state index in [9.17, 15) is 14.4 Å². The molecule has 0 bridgehead atoms. The molecule has 7 nitrogen and oxygen atoms in total. The Balaban J connectivity index is 1.78. The van der Waals surface area contributed by atoms with E-state index in [2.05, 4.69) is 10.6 Å². The number of amides is 4. The minimum Gasteiger partial charge on any atom is -0.466 e. The van der Waals surface area contributed by atoms with Crippen molar-refractivity contribution < 1.29 is 18.8 Å². The lowest BCUT2D eigenvalue weighted by Crippen LogP contribution is -2.42. The molecule has 2 aromatic rings. The number of carbonyl (C=O) groups is 3. The molecule has 3 rings (SSSR count). The average Bonchev–Trinajstić information content (AvgIpc) is 3.04. The molecule has 1 fully saturated rings. The number of nitrogens with zero attached hydrogens (tertiary/aromatic N) is 1. The maximum Gasteiger partial charge on any atom is 0.325 e. The molecule has 1 aromatic heterocycles. The second kappa shape index (κ2) is 7.31. The van der Waals surface area contributed by atoms with Crippen LogP contribution < -0.4 is 10.6 Å². The molecule has 4 amide bonds. The molecule has 1 aromatic carbocycles. The van der Waals surface area contributed by atoms with Gasteiger partial charge in [-0.25, -0.2) is 4.79 Å². The van der Waals surface area contributed by atoms with Crippen molar-refractivity contribution in [3.8, 4) is 0 Å². The Morgan fingerprint density at radius 3 is 2.39 bits per heavy atom. The summed E-state index contributed by atoms with van der Waals surface area (Å²) < 4.78 is 5.47. The molecule has 2 heterocycles. The van der Waals surface area contributed by atoms with Crippen molar-refractivity contribution in [2.75, 3.05) is 11.9 Å². The number of rotatable bonds is 4. The summed E-state index contributed by atoms with van der Waals surface area (Å²) in [5.74, 6) is -0.0475. The predicted molar refractivity (Wildman–Crippen MR) is 106 cm³/mol. The second-order valence-electron chi connectivity index (χ2n) is 6.57. The zero-order chi connectivity index (χ0) is 20.8. The quantitative estimate of drug-likeness (QED) is 0.544. The fraction of sp³-hybridized carbons (Fsp3) is 0.278.